The molecule has 2 rings (SSSR count). The lowest BCUT2D eigenvalue weighted by atomic mass is 10.2. The Labute approximate surface area is 109 Å². The second-order valence-corrected chi connectivity index (χ2v) is 5.28. The second-order valence-electron chi connectivity index (χ2n) is 4.05. The van der Waals surface area contributed by atoms with E-state index in [1.807, 2.05) is 16.0 Å². The fourth-order valence-electron chi connectivity index (χ4n) is 1.73. The average Bonchev–Trinajstić information content (AvgIpc) is 2.84. The molecule has 0 saturated carbocycles. The lowest BCUT2D eigenvalue weighted by Crippen LogP contribution is -2.26. The number of fused-ring (bicyclic) bond motifs is 1. The van der Waals surface area contributed by atoms with Crippen LogP contribution in [0.25, 0.3) is 4.96 Å². The molecule has 0 fully saturated rings. The van der Waals surface area contributed by atoms with Gasteiger partial charge < -0.3 is 10.4 Å². The number of thiazole rings is 1. The van der Waals surface area contributed by atoms with Crippen LogP contribution in [0.4, 0.5) is 0 Å². The summed E-state index contributed by atoms with van der Waals surface area (Å²) < 4.78 is 2.01. The van der Waals surface area contributed by atoms with E-state index < -0.39 is 0 Å². The van der Waals surface area contributed by atoms with E-state index in [9.17, 15) is 0 Å². The van der Waals surface area contributed by atoms with Gasteiger partial charge in [-0.25, -0.2) is 4.98 Å². The average molecular weight is 274 g/mol. The molecule has 2 N–H and O–H groups in total. The van der Waals surface area contributed by atoms with Gasteiger partial charge in [0.05, 0.1) is 5.69 Å². The molecule has 0 aliphatic rings. The molecule has 1 atom stereocenters. The lowest BCUT2D eigenvalue weighted by molar-refractivity contribution is 0.276. The first kappa shape index (κ1) is 12.8. The summed E-state index contributed by atoms with van der Waals surface area (Å²) in [6.45, 7) is 3.05. The summed E-state index contributed by atoms with van der Waals surface area (Å²) in [4.78, 5) is 5.21. The van der Waals surface area contributed by atoms with Crippen molar-refractivity contribution in [1.29, 1.82) is 0 Å². The number of aromatic nitrogens is 2. The van der Waals surface area contributed by atoms with Crippen LogP contribution in [0.2, 0.25) is 5.15 Å². The zero-order valence-electron chi connectivity index (χ0n) is 9.69. The largest absolute Gasteiger partial charge is 0.396 e. The fourth-order valence-corrected chi connectivity index (χ4v) is 2.76. The van der Waals surface area contributed by atoms with E-state index in [1.54, 1.807) is 11.3 Å². The van der Waals surface area contributed by atoms with Gasteiger partial charge >= 0.3 is 0 Å². The predicted octanol–water partition coefficient (Wildman–Crippen LogP) is 2.30. The highest BCUT2D eigenvalue weighted by Gasteiger charge is 2.11. The van der Waals surface area contributed by atoms with E-state index in [0.29, 0.717) is 17.7 Å². The zero-order chi connectivity index (χ0) is 12.3. The quantitative estimate of drug-likeness (QED) is 0.849. The van der Waals surface area contributed by atoms with Crippen LogP contribution in [-0.2, 0) is 6.54 Å². The summed E-state index contributed by atoms with van der Waals surface area (Å²) in [5.74, 6) is 0. The maximum atomic E-state index is 8.76. The number of hydrogen-bond acceptors (Lipinski definition) is 4. The Hall–Kier alpha value is -0.620. The minimum Gasteiger partial charge on any atom is -0.396 e. The molecule has 94 valence electrons. The van der Waals surface area contributed by atoms with Crippen LogP contribution >= 0.6 is 22.9 Å². The summed E-state index contributed by atoms with van der Waals surface area (Å²) in [6, 6.07) is 0.363. The molecular formula is C11H16ClN3OS. The highest BCUT2D eigenvalue weighted by Crippen LogP contribution is 2.21. The summed E-state index contributed by atoms with van der Waals surface area (Å²) >= 11 is 7.67. The van der Waals surface area contributed by atoms with Crippen LogP contribution < -0.4 is 5.32 Å². The number of nitrogens with one attached hydrogen (secondary N) is 1. The van der Waals surface area contributed by atoms with Gasteiger partial charge in [0.15, 0.2) is 10.1 Å². The van der Waals surface area contributed by atoms with Crippen LogP contribution in [0, 0.1) is 0 Å². The van der Waals surface area contributed by atoms with Crippen molar-refractivity contribution in [2.75, 3.05) is 6.61 Å². The van der Waals surface area contributed by atoms with Gasteiger partial charge in [-0.15, -0.1) is 11.3 Å². The molecular weight excluding hydrogens is 258 g/mol. The minimum atomic E-state index is 0.244. The van der Waals surface area contributed by atoms with Gasteiger partial charge in [0.2, 0.25) is 0 Å². The molecule has 2 aromatic heterocycles. The number of nitrogens with zero attached hydrogens (tertiary/aromatic N) is 2. The third kappa shape index (κ3) is 2.98. The first-order valence-electron chi connectivity index (χ1n) is 5.66. The Morgan fingerprint density at radius 2 is 2.47 bits per heavy atom. The minimum absolute atomic E-state index is 0.244. The number of imidazole rings is 1. The molecule has 0 aliphatic carbocycles. The van der Waals surface area contributed by atoms with Gasteiger partial charge in [0.1, 0.15) is 0 Å². The molecule has 2 aromatic rings. The normalized spacial score (nSPS) is 13.4. The van der Waals surface area contributed by atoms with Crippen LogP contribution in [0.1, 0.15) is 25.5 Å². The first-order chi connectivity index (χ1) is 8.22. The van der Waals surface area contributed by atoms with Crippen molar-refractivity contribution in [3.05, 3.63) is 22.4 Å². The van der Waals surface area contributed by atoms with E-state index in [0.717, 1.165) is 23.5 Å². The summed E-state index contributed by atoms with van der Waals surface area (Å²) in [5, 5.41) is 14.7. The van der Waals surface area contributed by atoms with Gasteiger partial charge in [0.25, 0.3) is 0 Å². The molecule has 2 heterocycles. The van der Waals surface area contributed by atoms with E-state index in [1.165, 1.54) is 0 Å². The monoisotopic (exact) mass is 273 g/mol. The lowest BCUT2D eigenvalue weighted by Gasteiger charge is -2.12. The molecule has 0 bridgehead atoms. The van der Waals surface area contributed by atoms with Crippen molar-refractivity contribution in [2.45, 2.75) is 32.4 Å². The number of aliphatic hydroxyl groups is 1. The number of aliphatic hydroxyl groups excluding tert-OH is 1. The van der Waals surface area contributed by atoms with Crippen molar-refractivity contribution >= 4 is 27.9 Å². The Morgan fingerprint density at radius 1 is 1.65 bits per heavy atom. The Kier molecular flexibility index (Phi) is 4.39. The van der Waals surface area contributed by atoms with E-state index in [4.69, 9.17) is 16.7 Å². The predicted molar refractivity (Wildman–Crippen MR) is 70.7 cm³/mol. The SMILES string of the molecule is CC(CCCO)NCc1c(Cl)nc2sccn12. The summed E-state index contributed by atoms with van der Waals surface area (Å²) in [6.07, 6.45) is 3.76. The smallest absolute Gasteiger partial charge is 0.195 e. The molecule has 0 aromatic carbocycles. The molecule has 0 spiro atoms. The molecule has 0 aliphatic heterocycles. The summed E-state index contributed by atoms with van der Waals surface area (Å²) in [5.41, 5.74) is 0.999. The summed E-state index contributed by atoms with van der Waals surface area (Å²) in [7, 11) is 0. The Balaban J connectivity index is 1.98. The second kappa shape index (κ2) is 5.82. The van der Waals surface area contributed by atoms with Crippen LogP contribution in [0.5, 0.6) is 0 Å². The fraction of sp³-hybridized carbons (Fsp3) is 0.545. The van der Waals surface area contributed by atoms with Crippen LogP contribution in [0.15, 0.2) is 11.6 Å². The van der Waals surface area contributed by atoms with E-state index >= 15 is 0 Å². The molecule has 0 radical (unpaired) electrons. The van der Waals surface area contributed by atoms with Gasteiger partial charge in [0, 0.05) is 30.8 Å². The first-order valence-corrected chi connectivity index (χ1v) is 6.92. The van der Waals surface area contributed by atoms with Crippen molar-refractivity contribution in [2.24, 2.45) is 0 Å². The van der Waals surface area contributed by atoms with Crippen molar-refractivity contribution in [3.8, 4) is 0 Å². The van der Waals surface area contributed by atoms with Gasteiger partial charge in [-0.2, -0.15) is 0 Å². The van der Waals surface area contributed by atoms with Gasteiger partial charge in [-0.1, -0.05) is 11.6 Å². The van der Waals surface area contributed by atoms with Gasteiger partial charge in [-0.05, 0) is 19.8 Å². The van der Waals surface area contributed by atoms with Crippen molar-refractivity contribution in [1.82, 2.24) is 14.7 Å². The van der Waals surface area contributed by atoms with Crippen molar-refractivity contribution in [3.63, 3.8) is 0 Å². The standard InChI is InChI=1S/C11H16ClN3OS/c1-8(3-2-5-16)13-7-9-10(12)14-11-15(9)4-6-17-11/h4,6,8,13,16H,2-3,5,7H2,1H3. The highest BCUT2D eigenvalue weighted by atomic mass is 35.5. The van der Waals surface area contributed by atoms with Crippen LogP contribution in [-0.4, -0.2) is 27.1 Å². The van der Waals surface area contributed by atoms with Crippen molar-refractivity contribution < 1.29 is 5.11 Å². The van der Waals surface area contributed by atoms with Crippen LogP contribution in [0.3, 0.4) is 0 Å². The number of hydrogen-bond donors (Lipinski definition) is 2. The van der Waals surface area contributed by atoms with E-state index in [2.05, 4.69) is 17.2 Å². The number of halogens is 1. The Morgan fingerprint density at radius 3 is 3.24 bits per heavy atom. The molecule has 0 amide bonds. The topological polar surface area (TPSA) is 49.6 Å². The molecule has 17 heavy (non-hydrogen) atoms. The third-order valence-electron chi connectivity index (χ3n) is 2.73. The molecule has 1 unspecified atom stereocenters. The maximum Gasteiger partial charge on any atom is 0.195 e. The Bertz CT molecular complexity index is 482. The maximum absolute atomic E-state index is 8.76. The molecule has 6 heteroatoms. The highest BCUT2D eigenvalue weighted by molar-refractivity contribution is 7.15. The van der Waals surface area contributed by atoms with Gasteiger partial charge in [-0.3, -0.25) is 4.40 Å². The molecule has 4 nitrogen and oxygen atoms in total. The molecule has 0 saturated heterocycles. The third-order valence-corrected chi connectivity index (χ3v) is 3.78. The number of rotatable bonds is 6. The van der Waals surface area contributed by atoms with E-state index in [-0.39, 0.29) is 6.61 Å². The zero-order valence-corrected chi connectivity index (χ0v) is 11.3.